The molecule has 7 heteroatoms. The number of carbonyl (C=O) groups is 1. The molecule has 0 spiro atoms. The van der Waals surface area contributed by atoms with Gasteiger partial charge in [-0.25, -0.2) is 14.5 Å². The summed E-state index contributed by atoms with van der Waals surface area (Å²) in [5.74, 6) is 1.12. The van der Waals surface area contributed by atoms with E-state index in [1.54, 1.807) is 13.4 Å². The van der Waals surface area contributed by atoms with E-state index in [-0.39, 0.29) is 11.9 Å². The molecule has 2 aliphatic rings. The van der Waals surface area contributed by atoms with Crippen molar-refractivity contribution in [1.29, 1.82) is 0 Å². The van der Waals surface area contributed by atoms with Crippen LogP contribution in [0.1, 0.15) is 18.7 Å². The lowest BCUT2D eigenvalue weighted by molar-refractivity contribution is 0.112. The first kappa shape index (κ1) is 13.4. The third-order valence-electron chi connectivity index (χ3n) is 3.99. The fraction of sp³-hybridized carbons (Fsp3) is 0.769. The van der Waals surface area contributed by atoms with Crippen LogP contribution in [-0.2, 0) is 17.8 Å². The van der Waals surface area contributed by atoms with Gasteiger partial charge in [0, 0.05) is 39.2 Å². The zero-order chi connectivity index (χ0) is 13.9. The smallest absolute Gasteiger partial charge is 0.320 e. The van der Waals surface area contributed by atoms with Crippen LogP contribution < -0.4 is 0 Å². The fourth-order valence-corrected chi connectivity index (χ4v) is 3.01. The van der Waals surface area contributed by atoms with Gasteiger partial charge in [0.1, 0.15) is 12.2 Å². The van der Waals surface area contributed by atoms with Crippen molar-refractivity contribution in [3.8, 4) is 0 Å². The maximum absolute atomic E-state index is 12.6. The molecule has 2 aliphatic heterocycles. The molecule has 0 aliphatic carbocycles. The maximum Gasteiger partial charge on any atom is 0.320 e. The van der Waals surface area contributed by atoms with Crippen LogP contribution in [0.2, 0.25) is 0 Å². The number of likely N-dealkylation sites (tertiary alicyclic amines) is 1. The van der Waals surface area contributed by atoms with Crippen molar-refractivity contribution in [1.82, 2.24) is 24.6 Å². The number of carbonyl (C=O) groups excluding carboxylic acids is 1. The van der Waals surface area contributed by atoms with Crippen LogP contribution in [-0.4, -0.2) is 63.9 Å². The summed E-state index contributed by atoms with van der Waals surface area (Å²) in [4.78, 5) is 20.7. The van der Waals surface area contributed by atoms with Crippen molar-refractivity contribution in [2.45, 2.75) is 25.9 Å². The lowest BCUT2D eigenvalue weighted by atomic mass is 10.1. The van der Waals surface area contributed by atoms with Crippen molar-refractivity contribution in [3.05, 3.63) is 12.2 Å². The molecule has 1 unspecified atom stereocenters. The summed E-state index contributed by atoms with van der Waals surface area (Å²) in [6, 6.07) is 0.125. The van der Waals surface area contributed by atoms with E-state index in [2.05, 4.69) is 10.1 Å². The Morgan fingerprint density at radius 3 is 2.90 bits per heavy atom. The molecule has 0 radical (unpaired) electrons. The maximum atomic E-state index is 12.6. The molecule has 0 saturated carbocycles. The highest BCUT2D eigenvalue weighted by Crippen LogP contribution is 2.18. The molecule has 1 aromatic rings. The second-order valence-electron chi connectivity index (χ2n) is 5.54. The van der Waals surface area contributed by atoms with Gasteiger partial charge in [-0.2, -0.15) is 5.10 Å². The van der Waals surface area contributed by atoms with Crippen LogP contribution in [0.3, 0.4) is 0 Å². The first-order valence-corrected chi connectivity index (χ1v) is 7.17. The molecule has 0 bridgehead atoms. The van der Waals surface area contributed by atoms with Gasteiger partial charge in [0.15, 0.2) is 0 Å². The van der Waals surface area contributed by atoms with Gasteiger partial charge in [-0.1, -0.05) is 0 Å². The second kappa shape index (κ2) is 5.78. The molecule has 2 amide bonds. The fourth-order valence-electron chi connectivity index (χ4n) is 3.01. The van der Waals surface area contributed by atoms with Crippen molar-refractivity contribution >= 4 is 6.03 Å². The number of fused-ring (bicyclic) bond motifs is 1. The number of ether oxygens (including phenoxy) is 1. The summed E-state index contributed by atoms with van der Waals surface area (Å²) < 4.78 is 7.16. The summed E-state index contributed by atoms with van der Waals surface area (Å²) in [5.41, 5.74) is 0. The van der Waals surface area contributed by atoms with Gasteiger partial charge in [0.25, 0.3) is 0 Å². The van der Waals surface area contributed by atoms with E-state index in [1.165, 1.54) is 0 Å². The Hall–Kier alpha value is -1.63. The van der Waals surface area contributed by atoms with Gasteiger partial charge in [-0.15, -0.1) is 0 Å². The van der Waals surface area contributed by atoms with Gasteiger partial charge >= 0.3 is 6.03 Å². The summed E-state index contributed by atoms with van der Waals surface area (Å²) in [6.07, 6.45) is 3.78. The SMILES string of the molecule is COCC1CN(C(=O)N2CCCC2)Cc2ncnn2C1. The van der Waals surface area contributed by atoms with Crippen LogP contribution in [0.4, 0.5) is 4.79 Å². The first-order chi connectivity index (χ1) is 9.78. The molecule has 1 atom stereocenters. The minimum absolute atomic E-state index is 0.125. The molecule has 20 heavy (non-hydrogen) atoms. The van der Waals surface area contributed by atoms with E-state index in [0.717, 1.165) is 38.3 Å². The lowest BCUT2D eigenvalue weighted by Gasteiger charge is -2.28. The molecule has 1 fully saturated rings. The van der Waals surface area contributed by atoms with E-state index >= 15 is 0 Å². The average Bonchev–Trinajstić information content (AvgIpc) is 3.07. The highest BCUT2D eigenvalue weighted by Gasteiger charge is 2.30. The highest BCUT2D eigenvalue weighted by molar-refractivity contribution is 5.74. The zero-order valence-electron chi connectivity index (χ0n) is 11.9. The number of rotatable bonds is 2. The van der Waals surface area contributed by atoms with Gasteiger partial charge < -0.3 is 14.5 Å². The Kier molecular flexibility index (Phi) is 3.86. The van der Waals surface area contributed by atoms with Crippen molar-refractivity contribution in [3.63, 3.8) is 0 Å². The number of aromatic nitrogens is 3. The normalized spacial score (nSPS) is 22.8. The Bertz CT molecular complexity index is 469. The predicted molar refractivity (Wildman–Crippen MR) is 72.0 cm³/mol. The number of amides is 2. The standard InChI is InChI=1S/C13H21N5O2/c1-20-9-11-6-17(13(19)16-4-2-3-5-16)8-12-14-10-15-18(12)7-11/h10-11H,2-9H2,1H3. The first-order valence-electron chi connectivity index (χ1n) is 7.17. The zero-order valence-corrected chi connectivity index (χ0v) is 11.9. The number of hydrogen-bond acceptors (Lipinski definition) is 4. The summed E-state index contributed by atoms with van der Waals surface area (Å²) in [5, 5.41) is 4.24. The molecule has 110 valence electrons. The Labute approximate surface area is 118 Å². The predicted octanol–water partition coefficient (Wildman–Crippen LogP) is 0.572. The lowest BCUT2D eigenvalue weighted by Crippen LogP contribution is -2.43. The monoisotopic (exact) mass is 279 g/mol. The Morgan fingerprint density at radius 2 is 2.15 bits per heavy atom. The molecule has 1 saturated heterocycles. The minimum Gasteiger partial charge on any atom is -0.384 e. The largest absolute Gasteiger partial charge is 0.384 e. The molecule has 0 N–H and O–H groups in total. The van der Waals surface area contributed by atoms with Gasteiger partial charge in [0.2, 0.25) is 0 Å². The van der Waals surface area contributed by atoms with E-state index in [0.29, 0.717) is 19.7 Å². The summed E-state index contributed by atoms with van der Waals surface area (Å²) in [7, 11) is 1.69. The molecule has 0 aromatic carbocycles. The van der Waals surface area contributed by atoms with Crippen LogP contribution in [0.25, 0.3) is 0 Å². The van der Waals surface area contributed by atoms with Crippen molar-refractivity contribution < 1.29 is 9.53 Å². The molecule has 1 aromatic heterocycles. The van der Waals surface area contributed by atoms with Gasteiger partial charge in [0.05, 0.1) is 13.2 Å². The summed E-state index contributed by atoms with van der Waals surface area (Å²) >= 11 is 0. The van der Waals surface area contributed by atoms with E-state index in [9.17, 15) is 4.79 Å². The molecular weight excluding hydrogens is 258 g/mol. The van der Waals surface area contributed by atoms with Crippen LogP contribution >= 0.6 is 0 Å². The third kappa shape index (κ3) is 2.63. The van der Waals surface area contributed by atoms with E-state index < -0.39 is 0 Å². The Morgan fingerprint density at radius 1 is 1.35 bits per heavy atom. The van der Waals surface area contributed by atoms with Crippen LogP contribution in [0.15, 0.2) is 6.33 Å². The number of hydrogen-bond donors (Lipinski definition) is 0. The quantitative estimate of drug-likeness (QED) is 0.794. The highest BCUT2D eigenvalue weighted by atomic mass is 16.5. The van der Waals surface area contributed by atoms with E-state index in [1.807, 2.05) is 14.5 Å². The van der Waals surface area contributed by atoms with Crippen molar-refractivity contribution in [2.24, 2.45) is 5.92 Å². The van der Waals surface area contributed by atoms with Gasteiger partial charge in [-0.3, -0.25) is 0 Å². The van der Waals surface area contributed by atoms with Gasteiger partial charge in [-0.05, 0) is 12.8 Å². The number of nitrogens with zero attached hydrogens (tertiary/aromatic N) is 5. The molecule has 3 heterocycles. The number of urea groups is 1. The topological polar surface area (TPSA) is 63.5 Å². The molecule has 3 rings (SSSR count). The third-order valence-corrected chi connectivity index (χ3v) is 3.99. The minimum atomic E-state index is 0.125. The van der Waals surface area contributed by atoms with Crippen LogP contribution in [0.5, 0.6) is 0 Å². The average molecular weight is 279 g/mol. The molecular formula is C13H21N5O2. The Balaban J connectivity index is 1.77. The summed E-state index contributed by atoms with van der Waals surface area (Å²) in [6.45, 7) is 4.37. The molecule has 7 nitrogen and oxygen atoms in total. The van der Waals surface area contributed by atoms with Crippen molar-refractivity contribution in [2.75, 3.05) is 33.4 Å². The van der Waals surface area contributed by atoms with Crippen LogP contribution in [0, 0.1) is 5.92 Å². The second-order valence-corrected chi connectivity index (χ2v) is 5.54. The number of methoxy groups -OCH3 is 1. The van der Waals surface area contributed by atoms with E-state index in [4.69, 9.17) is 4.74 Å².